The van der Waals surface area contributed by atoms with Gasteiger partial charge in [-0.05, 0) is 49.7 Å². The van der Waals surface area contributed by atoms with Crippen LogP contribution in [0.5, 0.6) is 0 Å². The highest BCUT2D eigenvalue weighted by Gasteiger charge is 2.26. The van der Waals surface area contributed by atoms with Crippen LogP contribution in [-0.2, 0) is 9.47 Å². The third-order valence-electron chi connectivity index (χ3n) is 8.18. The summed E-state index contributed by atoms with van der Waals surface area (Å²) in [4.78, 5) is 18.4. The first kappa shape index (κ1) is 26.3. The van der Waals surface area contributed by atoms with Gasteiger partial charge in [0.25, 0.3) is 6.43 Å². The molecule has 0 bridgehead atoms. The number of ether oxygens (including phenoxy) is 2. The van der Waals surface area contributed by atoms with Gasteiger partial charge in [-0.1, -0.05) is 12.1 Å². The van der Waals surface area contributed by atoms with E-state index in [2.05, 4.69) is 20.1 Å². The first-order valence-electron chi connectivity index (χ1n) is 14.2. The van der Waals surface area contributed by atoms with E-state index in [1.165, 1.54) is 36.8 Å². The Morgan fingerprint density at radius 1 is 0.846 bits per heavy atom. The van der Waals surface area contributed by atoms with E-state index < -0.39 is 6.43 Å². The summed E-state index contributed by atoms with van der Waals surface area (Å²) in [5.74, 6) is 2.53. The lowest BCUT2D eigenvalue weighted by Crippen LogP contribution is -2.40. The lowest BCUT2D eigenvalue weighted by molar-refractivity contribution is 0.0266. The van der Waals surface area contributed by atoms with Gasteiger partial charge in [0.15, 0.2) is 5.82 Å². The zero-order valence-electron chi connectivity index (χ0n) is 22.3. The Hall–Kier alpha value is -2.89. The zero-order valence-corrected chi connectivity index (χ0v) is 22.3. The van der Waals surface area contributed by atoms with E-state index in [0.717, 1.165) is 38.8 Å². The lowest BCUT2D eigenvalue weighted by atomic mass is 9.81. The number of imidazole rings is 1. The molecule has 39 heavy (non-hydrogen) atoms. The van der Waals surface area contributed by atoms with Crippen LogP contribution in [0.25, 0.3) is 16.9 Å². The molecule has 0 atom stereocenters. The van der Waals surface area contributed by atoms with E-state index in [1.54, 1.807) is 24.3 Å². The van der Waals surface area contributed by atoms with Crippen molar-refractivity contribution < 1.29 is 18.3 Å². The van der Waals surface area contributed by atoms with Crippen LogP contribution in [0.1, 0.15) is 37.9 Å². The largest absolute Gasteiger partial charge is 0.379 e. The molecule has 3 fully saturated rings. The quantitative estimate of drug-likeness (QED) is 0.456. The van der Waals surface area contributed by atoms with Crippen LogP contribution in [0, 0.1) is 11.8 Å². The molecule has 4 heterocycles. The van der Waals surface area contributed by atoms with Crippen molar-refractivity contribution in [2.75, 3.05) is 75.9 Å². The van der Waals surface area contributed by atoms with Gasteiger partial charge < -0.3 is 19.7 Å². The summed E-state index contributed by atoms with van der Waals surface area (Å²) in [6.45, 7) is 8.30. The molecule has 2 aromatic heterocycles. The molecule has 0 unspecified atom stereocenters. The topological polar surface area (TPSA) is 80.6 Å². The first-order chi connectivity index (χ1) is 19.1. The summed E-state index contributed by atoms with van der Waals surface area (Å²) in [5, 5.41) is 3.46. The van der Waals surface area contributed by atoms with Crippen molar-refractivity contribution in [1.29, 1.82) is 0 Å². The van der Waals surface area contributed by atoms with Gasteiger partial charge >= 0.3 is 0 Å². The van der Waals surface area contributed by atoms with Crippen LogP contribution < -0.4 is 10.2 Å². The average Bonchev–Trinajstić information content (AvgIpc) is 3.38. The summed E-state index contributed by atoms with van der Waals surface area (Å²) in [6, 6.07) is 8.96. The van der Waals surface area contributed by atoms with Crippen LogP contribution in [0.2, 0.25) is 0 Å². The Kier molecular flexibility index (Phi) is 8.17. The fourth-order valence-corrected chi connectivity index (χ4v) is 6.00. The van der Waals surface area contributed by atoms with Crippen LogP contribution in [-0.4, -0.2) is 90.1 Å². The summed E-state index contributed by atoms with van der Waals surface area (Å²) in [7, 11) is 0. The predicted octanol–water partition coefficient (Wildman–Crippen LogP) is 4.14. The first-order valence-corrected chi connectivity index (χ1v) is 14.2. The fourth-order valence-electron chi connectivity index (χ4n) is 6.00. The van der Waals surface area contributed by atoms with E-state index in [1.807, 2.05) is 6.07 Å². The van der Waals surface area contributed by atoms with Gasteiger partial charge in [0.1, 0.15) is 11.6 Å². The molecule has 2 saturated heterocycles. The molecule has 0 amide bonds. The minimum atomic E-state index is -2.73. The van der Waals surface area contributed by atoms with E-state index in [9.17, 15) is 8.78 Å². The van der Waals surface area contributed by atoms with Crippen molar-refractivity contribution >= 4 is 22.8 Å². The zero-order chi connectivity index (χ0) is 26.6. The van der Waals surface area contributed by atoms with Crippen molar-refractivity contribution in [3.05, 3.63) is 36.2 Å². The highest BCUT2D eigenvalue weighted by Crippen LogP contribution is 2.31. The number of alkyl halides is 2. The number of benzene rings is 1. The molecule has 1 aliphatic carbocycles. The molecule has 2 aliphatic heterocycles. The van der Waals surface area contributed by atoms with Crippen LogP contribution in [0.4, 0.5) is 20.5 Å². The van der Waals surface area contributed by atoms with Gasteiger partial charge in [-0.2, -0.15) is 9.97 Å². The minimum absolute atomic E-state index is 0.313. The van der Waals surface area contributed by atoms with Gasteiger partial charge in [-0.15, -0.1) is 0 Å². The maximum absolute atomic E-state index is 14.1. The second-order valence-electron chi connectivity index (χ2n) is 10.8. The normalized spacial score (nSPS) is 23.0. The van der Waals surface area contributed by atoms with Gasteiger partial charge in [0.2, 0.25) is 5.95 Å². The summed E-state index contributed by atoms with van der Waals surface area (Å²) < 4.78 is 40.7. The van der Waals surface area contributed by atoms with Crippen molar-refractivity contribution in [2.24, 2.45) is 11.8 Å². The third kappa shape index (κ3) is 6.15. The second-order valence-corrected chi connectivity index (χ2v) is 10.8. The number of nitrogens with one attached hydrogen (secondary N) is 1. The molecular weight excluding hydrogens is 504 g/mol. The van der Waals surface area contributed by atoms with E-state index in [-0.39, 0.29) is 5.82 Å². The summed E-state index contributed by atoms with van der Waals surface area (Å²) in [6.07, 6.45) is 2.05. The van der Waals surface area contributed by atoms with E-state index >= 15 is 0 Å². The van der Waals surface area contributed by atoms with Gasteiger partial charge in [0, 0.05) is 45.3 Å². The smallest absolute Gasteiger partial charge is 0.296 e. The number of halogens is 2. The van der Waals surface area contributed by atoms with E-state index in [4.69, 9.17) is 19.4 Å². The SMILES string of the molecule is FC(F)c1nc2ccccc2n1-c1cc(N2CCOCC2)nc(NC[C@H]2CC[C@H](CN3CCOCC3)CC2)n1. The maximum Gasteiger partial charge on any atom is 0.296 e. The number of anilines is 2. The molecule has 0 radical (unpaired) electrons. The number of hydrogen-bond acceptors (Lipinski definition) is 8. The molecule has 210 valence electrons. The predicted molar refractivity (Wildman–Crippen MR) is 146 cm³/mol. The molecule has 3 aromatic rings. The molecule has 1 saturated carbocycles. The van der Waals surface area contributed by atoms with Gasteiger partial charge in [-0.3, -0.25) is 9.47 Å². The fraction of sp³-hybridized carbons (Fsp3) is 0.607. The molecular formula is C28H37F2N7O2. The second kappa shape index (κ2) is 12.1. The Labute approximate surface area is 227 Å². The Morgan fingerprint density at radius 3 is 2.26 bits per heavy atom. The lowest BCUT2D eigenvalue weighted by Gasteiger charge is -2.34. The van der Waals surface area contributed by atoms with Crippen molar-refractivity contribution in [3.63, 3.8) is 0 Å². The number of hydrogen-bond donors (Lipinski definition) is 1. The van der Waals surface area contributed by atoms with Crippen molar-refractivity contribution in [3.8, 4) is 5.82 Å². The van der Waals surface area contributed by atoms with Crippen LogP contribution >= 0.6 is 0 Å². The molecule has 1 aromatic carbocycles. The van der Waals surface area contributed by atoms with Crippen LogP contribution in [0.15, 0.2) is 30.3 Å². The monoisotopic (exact) mass is 541 g/mol. The standard InChI is InChI=1S/C28H37F2N7O2/c29-26(30)27-32-22-3-1-2-4-23(22)37(27)25-17-24(36-11-15-39-16-12-36)33-28(34-25)31-18-20-5-7-21(8-6-20)19-35-9-13-38-14-10-35/h1-4,17,20-21,26H,5-16,18-19H2,(H,31,33,34)/t20-,21-. The van der Waals surface area contributed by atoms with Gasteiger partial charge in [-0.25, -0.2) is 13.8 Å². The third-order valence-corrected chi connectivity index (χ3v) is 8.18. The molecule has 6 rings (SSSR count). The number of aromatic nitrogens is 4. The molecule has 3 aliphatic rings. The number of fused-ring (bicyclic) bond motifs is 1. The van der Waals surface area contributed by atoms with Gasteiger partial charge in [0.05, 0.1) is 37.5 Å². The molecule has 9 nitrogen and oxygen atoms in total. The summed E-state index contributed by atoms with van der Waals surface area (Å²) in [5.41, 5.74) is 1.12. The molecule has 1 N–H and O–H groups in total. The Bertz CT molecular complexity index is 1240. The average molecular weight is 542 g/mol. The van der Waals surface area contributed by atoms with Crippen molar-refractivity contribution in [2.45, 2.75) is 32.1 Å². The number of para-hydroxylation sites is 2. The van der Waals surface area contributed by atoms with E-state index in [0.29, 0.717) is 60.8 Å². The Balaban J connectivity index is 1.20. The highest BCUT2D eigenvalue weighted by atomic mass is 19.3. The Morgan fingerprint density at radius 2 is 1.51 bits per heavy atom. The number of rotatable bonds is 8. The molecule has 0 spiro atoms. The minimum Gasteiger partial charge on any atom is -0.379 e. The molecule has 11 heteroatoms. The maximum atomic E-state index is 14.1. The number of morpholine rings is 2. The summed E-state index contributed by atoms with van der Waals surface area (Å²) >= 11 is 0. The van der Waals surface area contributed by atoms with Crippen molar-refractivity contribution in [1.82, 2.24) is 24.4 Å². The van der Waals surface area contributed by atoms with Crippen LogP contribution in [0.3, 0.4) is 0 Å². The number of nitrogens with zero attached hydrogens (tertiary/aromatic N) is 6. The highest BCUT2D eigenvalue weighted by molar-refractivity contribution is 5.78.